The van der Waals surface area contributed by atoms with Gasteiger partial charge in [-0.1, -0.05) is 42.5 Å². The largest absolute Gasteiger partial charge is 0.483 e. The molecule has 3 aliphatic rings. The number of aromatic nitrogens is 1. The van der Waals surface area contributed by atoms with Crippen molar-refractivity contribution in [3.05, 3.63) is 72.1 Å². The average molecular weight is 436 g/mol. The normalized spacial score (nSPS) is 28.2. The molecule has 3 fully saturated rings. The van der Waals surface area contributed by atoms with Crippen molar-refractivity contribution in [2.24, 2.45) is 11.8 Å². The van der Waals surface area contributed by atoms with Gasteiger partial charge in [0.2, 0.25) is 0 Å². The van der Waals surface area contributed by atoms with E-state index in [-0.39, 0.29) is 24.1 Å². The first kappa shape index (κ1) is 22.2. The van der Waals surface area contributed by atoms with E-state index < -0.39 is 0 Å². The van der Waals surface area contributed by atoms with Crippen molar-refractivity contribution < 1.29 is 19.4 Å². The van der Waals surface area contributed by atoms with E-state index in [0.29, 0.717) is 23.9 Å². The van der Waals surface area contributed by atoms with Crippen LogP contribution in [-0.4, -0.2) is 65.3 Å². The molecule has 5 rings (SSSR count). The van der Waals surface area contributed by atoms with Gasteiger partial charge in [-0.05, 0) is 30.5 Å². The van der Waals surface area contributed by atoms with Gasteiger partial charge in [0.05, 0.1) is 17.3 Å². The van der Waals surface area contributed by atoms with E-state index in [4.69, 9.17) is 14.6 Å². The molecule has 1 spiro atoms. The zero-order valence-electron chi connectivity index (χ0n) is 18.0. The molecule has 0 saturated carbocycles. The van der Waals surface area contributed by atoms with Gasteiger partial charge >= 0.3 is 0 Å². The topological polar surface area (TPSA) is 91.8 Å². The Morgan fingerprint density at radius 1 is 1.28 bits per heavy atom. The molecule has 2 bridgehead atoms. The standard InChI is InChI=1S/C24H27N3O2.CH2O2/c28-23(19-9-4-12-25-14-19)26-15-20-21-16-27(17-24(21)11-10-22(20)29-24)13-5-8-18-6-2-1-3-7-18;2-1-3/h1-9,12,14,20-22H,10-11,13,15-17H2,(H,26,28);1H,(H,2,3)/t20-,21+,22+,24+;/m0./s1. The van der Waals surface area contributed by atoms with E-state index in [1.54, 1.807) is 24.5 Å². The number of nitrogens with one attached hydrogen (secondary N) is 1. The van der Waals surface area contributed by atoms with Gasteiger partial charge in [0.15, 0.2) is 0 Å². The summed E-state index contributed by atoms with van der Waals surface area (Å²) in [5.41, 5.74) is 1.85. The lowest BCUT2D eigenvalue weighted by atomic mass is 9.73. The molecule has 32 heavy (non-hydrogen) atoms. The molecule has 3 saturated heterocycles. The number of nitrogens with zero attached hydrogens (tertiary/aromatic N) is 2. The van der Waals surface area contributed by atoms with Gasteiger partial charge in [-0.15, -0.1) is 0 Å². The summed E-state index contributed by atoms with van der Waals surface area (Å²) < 4.78 is 6.50. The number of carbonyl (C=O) groups excluding carboxylic acids is 1. The van der Waals surface area contributed by atoms with Gasteiger partial charge in [-0.25, -0.2) is 0 Å². The number of rotatable bonds is 6. The number of hydrogen-bond acceptors (Lipinski definition) is 5. The van der Waals surface area contributed by atoms with Crippen molar-refractivity contribution in [1.29, 1.82) is 0 Å². The van der Waals surface area contributed by atoms with Crippen LogP contribution in [0, 0.1) is 11.8 Å². The van der Waals surface area contributed by atoms with E-state index in [1.807, 2.05) is 6.07 Å². The number of hydrogen-bond donors (Lipinski definition) is 2. The van der Waals surface area contributed by atoms with E-state index in [9.17, 15) is 4.79 Å². The molecular weight excluding hydrogens is 406 g/mol. The fraction of sp³-hybridized carbons (Fsp3) is 0.400. The van der Waals surface area contributed by atoms with E-state index in [1.165, 1.54) is 5.56 Å². The summed E-state index contributed by atoms with van der Waals surface area (Å²) in [5.74, 6) is 0.851. The lowest BCUT2D eigenvalue weighted by molar-refractivity contribution is -0.122. The van der Waals surface area contributed by atoms with Crippen LogP contribution < -0.4 is 5.32 Å². The third-order valence-electron chi connectivity index (χ3n) is 6.75. The second kappa shape index (κ2) is 10.1. The van der Waals surface area contributed by atoms with Crippen molar-refractivity contribution in [3.8, 4) is 0 Å². The van der Waals surface area contributed by atoms with Crippen molar-refractivity contribution in [3.63, 3.8) is 0 Å². The van der Waals surface area contributed by atoms with E-state index in [0.717, 1.165) is 32.5 Å². The van der Waals surface area contributed by atoms with E-state index >= 15 is 0 Å². The summed E-state index contributed by atoms with van der Waals surface area (Å²) in [7, 11) is 0. The number of pyridine rings is 1. The van der Waals surface area contributed by atoms with Gasteiger partial charge in [0.25, 0.3) is 12.4 Å². The fourth-order valence-corrected chi connectivity index (χ4v) is 5.41. The summed E-state index contributed by atoms with van der Waals surface area (Å²) in [4.78, 5) is 27.3. The monoisotopic (exact) mass is 435 g/mol. The highest BCUT2D eigenvalue weighted by Crippen LogP contribution is 2.54. The van der Waals surface area contributed by atoms with Crippen LogP contribution in [-0.2, 0) is 9.53 Å². The highest BCUT2D eigenvalue weighted by atomic mass is 16.5. The lowest BCUT2D eigenvalue weighted by Gasteiger charge is -2.29. The van der Waals surface area contributed by atoms with Crippen LogP contribution in [0.25, 0.3) is 6.08 Å². The summed E-state index contributed by atoms with van der Waals surface area (Å²) in [6.45, 7) is 3.41. The molecule has 4 atom stereocenters. The molecule has 168 valence electrons. The summed E-state index contributed by atoms with van der Waals surface area (Å²) in [5, 5.41) is 10.0. The molecule has 0 unspecified atom stereocenters. The van der Waals surface area contributed by atoms with Crippen LogP contribution in [0.2, 0.25) is 0 Å². The minimum absolute atomic E-state index is 0.00501. The average Bonchev–Trinajstić information content (AvgIpc) is 3.48. The Labute approximate surface area is 188 Å². The van der Waals surface area contributed by atoms with Crippen LogP contribution in [0.4, 0.5) is 0 Å². The number of amides is 1. The number of carboxylic acid groups (broad SMARTS) is 1. The Kier molecular flexibility index (Phi) is 6.97. The maximum atomic E-state index is 12.4. The Hall–Kier alpha value is -3.03. The second-order valence-electron chi connectivity index (χ2n) is 8.59. The smallest absolute Gasteiger partial charge is 0.290 e. The SMILES string of the molecule is O=C(NC[C@H]1[C@H]2CN(CC=Cc3ccccc3)C[C@]23CC[C@H]1O3)c1cccnc1.O=CO. The van der Waals surface area contributed by atoms with Gasteiger partial charge in [0, 0.05) is 50.4 Å². The predicted molar refractivity (Wildman–Crippen MR) is 121 cm³/mol. The van der Waals surface area contributed by atoms with Crippen molar-refractivity contribution in [1.82, 2.24) is 15.2 Å². The third kappa shape index (κ3) is 4.74. The van der Waals surface area contributed by atoms with Crippen LogP contribution >= 0.6 is 0 Å². The molecule has 7 heteroatoms. The molecule has 4 heterocycles. The number of ether oxygens (including phenoxy) is 1. The Morgan fingerprint density at radius 2 is 2.09 bits per heavy atom. The lowest BCUT2D eigenvalue weighted by Crippen LogP contribution is -2.41. The first-order chi connectivity index (χ1) is 15.6. The van der Waals surface area contributed by atoms with Gasteiger partial charge in [0.1, 0.15) is 0 Å². The predicted octanol–water partition coefficient (Wildman–Crippen LogP) is 2.71. The maximum absolute atomic E-state index is 12.4. The quantitative estimate of drug-likeness (QED) is 0.678. The van der Waals surface area contributed by atoms with Gasteiger partial charge < -0.3 is 15.2 Å². The molecule has 3 aliphatic heterocycles. The molecule has 0 radical (unpaired) electrons. The molecule has 1 amide bonds. The summed E-state index contributed by atoms with van der Waals surface area (Å²) in [6, 6.07) is 14.0. The zero-order chi connectivity index (χ0) is 22.4. The minimum atomic E-state index is -0.250. The highest BCUT2D eigenvalue weighted by Gasteiger charge is 2.62. The number of carbonyl (C=O) groups is 2. The van der Waals surface area contributed by atoms with Crippen molar-refractivity contribution in [2.45, 2.75) is 24.5 Å². The molecule has 7 nitrogen and oxygen atoms in total. The number of likely N-dealkylation sites (tertiary alicyclic amines) is 1. The highest BCUT2D eigenvalue weighted by molar-refractivity contribution is 5.93. The van der Waals surface area contributed by atoms with Gasteiger partial charge in [-0.2, -0.15) is 0 Å². The Bertz CT molecular complexity index is 937. The summed E-state index contributed by atoms with van der Waals surface area (Å²) in [6.07, 6.45) is 10.3. The van der Waals surface area contributed by atoms with E-state index in [2.05, 4.69) is 51.6 Å². The van der Waals surface area contributed by atoms with Crippen LogP contribution in [0.5, 0.6) is 0 Å². The number of benzene rings is 1. The Morgan fingerprint density at radius 3 is 2.84 bits per heavy atom. The zero-order valence-corrected chi connectivity index (χ0v) is 18.0. The van der Waals surface area contributed by atoms with Crippen LogP contribution in [0.3, 0.4) is 0 Å². The number of fused-ring (bicyclic) bond motifs is 1. The van der Waals surface area contributed by atoms with Gasteiger partial charge in [-0.3, -0.25) is 19.5 Å². The molecular formula is C25H29N3O4. The molecule has 1 aromatic heterocycles. The summed E-state index contributed by atoms with van der Waals surface area (Å²) >= 11 is 0. The molecule has 1 aromatic carbocycles. The van der Waals surface area contributed by atoms with Crippen LogP contribution in [0.1, 0.15) is 28.8 Å². The second-order valence-corrected chi connectivity index (χ2v) is 8.59. The molecule has 0 aliphatic carbocycles. The van der Waals surface area contributed by atoms with Crippen LogP contribution in [0.15, 0.2) is 60.9 Å². The third-order valence-corrected chi connectivity index (χ3v) is 6.75. The molecule has 2 aromatic rings. The Balaban J connectivity index is 0.000000775. The molecule has 2 N–H and O–H groups in total. The van der Waals surface area contributed by atoms with Crippen molar-refractivity contribution >= 4 is 18.5 Å². The minimum Gasteiger partial charge on any atom is -0.483 e. The first-order valence-electron chi connectivity index (χ1n) is 11.0. The first-order valence-corrected chi connectivity index (χ1v) is 11.0. The fourth-order valence-electron chi connectivity index (χ4n) is 5.41. The van der Waals surface area contributed by atoms with Crippen molar-refractivity contribution in [2.75, 3.05) is 26.2 Å². The maximum Gasteiger partial charge on any atom is 0.290 e.